The molecule has 0 aromatic rings. The molecule has 0 radical (unpaired) electrons. The number of allylic oxidation sites excluding steroid dienone is 6. The first kappa shape index (κ1) is 11.2. The Morgan fingerprint density at radius 2 is 1.58 bits per heavy atom. The standard InChI is InChI=1S/C12H20/c1-3-5-7-9-11-12-10-8-6-4-2/h5,7-11H,3-4,6,12H2,1-2H3/b7-5+,10-8+,11-9+. The van der Waals surface area contributed by atoms with Gasteiger partial charge in [0.1, 0.15) is 0 Å². The summed E-state index contributed by atoms with van der Waals surface area (Å²) in [5.74, 6) is 0. The summed E-state index contributed by atoms with van der Waals surface area (Å²) in [4.78, 5) is 0. The van der Waals surface area contributed by atoms with Crippen molar-refractivity contribution in [3.8, 4) is 0 Å². The van der Waals surface area contributed by atoms with Crippen LogP contribution >= 0.6 is 0 Å². The van der Waals surface area contributed by atoms with Crippen LogP contribution in [0.2, 0.25) is 0 Å². The van der Waals surface area contributed by atoms with E-state index in [1.807, 2.05) is 0 Å². The molecular weight excluding hydrogens is 144 g/mol. The molecule has 0 aromatic carbocycles. The van der Waals surface area contributed by atoms with Crippen molar-refractivity contribution in [1.29, 1.82) is 0 Å². The third-order valence-electron chi connectivity index (χ3n) is 1.51. The fourth-order valence-electron chi connectivity index (χ4n) is 0.831. The van der Waals surface area contributed by atoms with E-state index in [0.29, 0.717) is 0 Å². The quantitative estimate of drug-likeness (QED) is 0.406. The van der Waals surface area contributed by atoms with Crippen LogP contribution in [0.4, 0.5) is 0 Å². The predicted octanol–water partition coefficient (Wildman–Crippen LogP) is 4.26. The van der Waals surface area contributed by atoms with Crippen molar-refractivity contribution in [2.75, 3.05) is 0 Å². The zero-order chi connectivity index (χ0) is 9.07. The largest absolute Gasteiger partial charge is 0.0882 e. The van der Waals surface area contributed by atoms with E-state index in [0.717, 1.165) is 12.8 Å². The molecular formula is C12H20. The van der Waals surface area contributed by atoms with Crippen molar-refractivity contribution in [2.45, 2.75) is 39.5 Å². The second-order valence-corrected chi connectivity index (χ2v) is 2.76. The Morgan fingerprint density at radius 3 is 2.25 bits per heavy atom. The smallest absolute Gasteiger partial charge is 0.0166 e. The topological polar surface area (TPSA) is 0 Å². The Bertz CT molecular complexity index is 149. The molecule has 0 heterocycles. The maximum Gasteiger partial charge on any atom is -0.0166 e. The van der Waals surface area contributed by atoms with Crippen molar-refractivity contribution >= 4 is 0 Å². The van der Waals surface area contributed by atoms with E-state index in [4.69, 9.17) is 0 Å². The first-order valence-corrected chi connectivity index (χ1v) is 4.88. The second kappa shape index (κ2) is 10.2. The molecule has 0 aliphatic rings. The van der Waals surface area contributed by atoms with E-state index >= 15 is 0 Å². The minimum absolute atomic E-state index is 1.06. The zero-order valence-electron chi connectivity index (χ0n) is 8.29. The van der Waals surface area contributed by atoms with Crippen LogP contribution in [0, 0.1) is 0 Å². The number of hydrogen-bond donors (Lipinski definition) is 0. The van der Waals surface area contributed by atoms with Gasteiger partial charge in [0.05, 0.1) is 0 Å². The maximum atomic E-state index is 2.24. The summed E-state index contributed by atoms with van der Waals surface area (Å²) in [5, 5.41) is 0. The van der Waals surface area contributed by atoms with Crippen molar-refractivity contribution in [3.05, 3.63) is 36.5 Å². The van der Waals surface area contributed by atoms with Gasteiger partial charge in [0.2, 0.25) is 0 Å². The summed E-state index contributed by atoms with van der Waals surface area (Å²) in [7, 11) is 0. The third kappa shape index (κ3) is 9.22. The average molecular weight is 164 g/mol. The van der Waals surface area contributed by atoms with Gasteiger partial charge >= 0.3 is 0 Å². The van der Waals surface area contributed by atoms with Crippen LogP contribution in [0.5, 0.6) is 0 Å². The van der Waals surface area contributed by atoms with Crippen molar-refractivity contribution in [1.82, 2.24) is 0 Å². The normalized spacial score (nSPS) is 12.5. The molecule has 0 amide bonds. The molecule has 0 N–H and O–H groups in total. The van der Waals surface area contributed by atoms with Gasteiger partial charge in [-0.15, -0.1) is 0 Å². The summed E-state index contributed by atoms with van der Waals surface area (Å²) < 4.78 is 0. The Kier molecular flexibility index (Phi) is 9.56. The highest BCUT2D eigenvalue weighted by Gasteiger charge is 1.71. The lowest BCUT2D eigenvalue weighted by Gasteiger charge is -1.82. The van der Waals surface area contributed by atoms with Gasteiger partial charge in [-0.3, -0.25) is 0 Å². The molecule has 0 spiro atoms. The molecule has 12 heavy (non-hydrogen) atoms. The monoisotopic (exact) mass is 164 g/mol. The number of rotatable bonds is 6. The molecule has 0 aromatic heterocycles. The summed E-state index contributed by atoms with van der Waals surface area (Å²) in [6.07, 6.45) is 17.7. The molecule has 0 aliphatic heterocycles. The van der Waals surface area contributed by atoms with Crippen LogP contribution in [0.15, 0.2) is 36.5 Å². The highest BCUT2D eigenvalue weighted by Crippen LogP contribution is 1.92. The van der Waals surface area contributed by atoms with Crippen LogP contribution in [-0.4, -0.2) is 0 Å². The summed E-state index contributed by atoms with van der Waals surface area (Å²) >= 11 is 0. The molecule has 68 valence electrons. The van der Waals surface area contributed by atoms with E-state index < -0.39 is 0 Å². The van der Waals surface area contributed by atoms with Gasteiger partial charge in [-0.05, 0) is 19.3 Å². The molecule has 0 nitrogen and oxygen atoms in total. The van der Waals surface area contributed by atoms with Gasteiger partial charge < -0.3 is 0 Å². The summed E-state index contributed by atoms with van der Waals surface area (Å²) in [5.41, 5.74) is 0. The molecule has 0 aliphatic carbocycles. The SMILES string of the molecule is CC/C=C/C=C/C/C=C/CCC. The van der Waals surface area contributed by atoms with Gasteiger partial charge in [0, 0.05) is 0 Å². The lowest BCUT2D eigenvalue weighted by molar-refractivity contribution is 0.954. The Hall–Kier alpha value is -0.780. The van der Waals surface area contributed by atoms with Crippen LogP contribution in [0.1, 0.15) is 39.5 Å². The first-order chi connectivity index (χ1) is 5.91. The molecule has 0 rings (SSSR count). The minimum atomic E-state index is 1.06. The van der Waals surface area contributed by atoms with Gasteiger partial charge in [0.15, 0.2) is 0 Å². The summed E-state index contributed by atoms with van der Waals surface area (Å²) in [6.45, 7) is 4.34. The summed E-state index contributed by atoms with van der Waals surface area (Å²) in [6, 6.07) is 0. The first-order valence-electron chi connectivity index (χ1n) is 4.88. The van der Waals surface area contributed by atoms with E-state index in [1.165, 1.54) is 12.8 Å². The van der Waals surface area contributed by atoms with Crippen LogP contribution in [-0.2, 0) is 0 Å². The molecule has 0 heteroatoms. The van der Waals surface area contributed by atoms with Crippen molar-refractivity contribution in [2.24, 2.45) is 0 Å². The highest BCUT2D eigenvalue weighted by atomic mass is 13.8. The van der Waals surface area contributed by atoms with Gasteiger partial charge in [-0.25, -0.2) is 0 Å². The zero-order valence-corrected chi connectivity index (χ0v) is 8.29. The molecule has 0 fully saturated rings. The highest BCUT2D eigenvalue weighted by molar-refractivity contribution is 5.04. The Labute approximate surface area is 76.7 Å². The van der Waals surface area contributed by atoms with Crippen molar-refractivity contribution in [3.63, 3.8) is 0 Å². The van der Waals surface area contributed by atoms with Crippen LogP contribution in [0.25, 0.3) is 0 Å². The van der Waals surface area contributed by atoms with Gasteiger partial charge in [-0.1, -0.05) is 56.7 Å². The predicted molar refractivity (Wildman–Crippen MR) is 57.2 cm³/mol. The maximum absolute atomic E-state index is 2.24. The fraction of sp³-hybridized carbons (Fsp3) is 0.500. The molecule has 0 saturated heterocycles. The van der Waals surface area contributed by atoms with E-state index in [-0.39, 0.29) is 0 Å². The fourth-order valence-corrected chi connectivity index (χ4v) is 0.831. The van der Waals surface area contributed by atoms with Crippen LogP contribution in [0.3, 0.4) is 0 Å². The molecule has 0 unspecified atom stereocenters. The number of hydrogen-bond acceptors (Lipinski definition) is 0. The average Bonchev–Trinajstić information content (AvgIpc) is 2.10. The Balaban J connectivity index is 3.29. The second-order valence-electron chi connectivity index (χ2n) is 2.76. The molecule has 0 bridgehead atoms. The molecule has 0 atom stereocenters. The minimum Gasteiger partial charge on any atom is -0.0882 e. The van der Waals surface area contributed by atoms with Crippen LogP contribution < -0.4 is 0 Å². The van der Waals surface area contributed by atoms with Gasteiger partial charge in [0.25, 0.3) is 0 Å². The number of unbranched alkanes of at least 4 members (excludes halogenated alkanes) is 1. The van der Waals surface area contributed by atoms with E-state index in [9.17, 15) is 0 Å². The lowest BCUT2D eigenvalue weighted by atomic mass is 10.2. The van der Waals surface area contributed by atoms with Crippen molar-refractivity contribution < 1.29 is 0 Å². The molecule has 0 saturated carbocycles. The third-order valence-corrected chi connectivity index (χ3v) is 1.51. The lowest BCUT2D eigenvalue weighted by Crippen LogP contribution is -1.61. The van der Waals surface area contributed by atoms with Gasteiger partial charge in [-0.2, -0.15) is 0 Å². The van der Waals surface area contributed by atoms with E-state index in [1.54, 1.807) is 0 Å². The Morgan fingerprint density at radius 1 is 0.833 bits per heavy atom. The van der Waals surface area contributed by atoms with E-state index in [2.05, 4.69) is 50.3 Å².